The van der Waals surface area contributed by atoms with Crippen molar-refractivity contribution >= 4 is 11.9 Å². The molecule has 0 radical (unpaired) electrons. The summed E-state index contributed by atoms with van der Waals surface area (Å²) in [4.78, 5) is 22.6. The number of hydrogen-bond acceptors (Lipinski definition) is 8. The van der Waals surface area contributed by atoms with Crippen molar-refractivity contribution in [2.24, 2.45) is 0 Å². The van der Waals surface area contributed by atoms with Crippen molar-refractivity contribution in [3.05, 3.63) is 59.7 Å². The molecule has 0 heterocycles. The van der Waals surface area contributed by atoms with Crippen molar-refractivity contribution in [1.82, 2.24) is 0 Å². The van der Waals surface area contributed by atoms with E-state index in [0.29, 0.717) is 11.5 Å². The highest BCUT2D eigenvalue weighted by molar-refractivity contribution is 5.77. The molecule has 0 aliphatic carbocycles. The zero-order chi connectivity index (χ0) is 25.1. The second kappa shape index (κ2) is 13.0. The van der Waals surface area contributed by atoms with Crippen LogP contribution in [0, 0.1) is 0 Å². The van der Waals surface area contributed by atoms with E-state index in [-0.39, 0.29) is 38.1 Å². The monoisotopic (exact) mass is 474 g/mol. The summed E-state index contributed by atoms with van der Waals surface area (Å²) in [6.45, 7) is 5.90. The van der Waals surface area contributed by atoms with Gasteiger partial charge in [0.2, 0.25) is 0 Å². The van der Waals surface area contributed by atoms with Gasteiger partial charge >= 0.3 is 11.9 Å². The minimum absolute atomic E-state index is 0.0407. The number of carbonyl (C=O) groups is 2. The van der Waals surface area contributed by atoms with E-state index in [9.17, 15) is 19.8 Å². The molecule has 2 aromatic carbocycles. The lowest BCUT2D eigenvalue weighted by molar-refractivity contribution is -0.151. The van der Waals surface area contributed by atoms with Crippen LogP contribution in [-0.4, -0.2) is 61.3 Å². The molecular formula is C26H34O8. The van der Waals surface area contributed by atoms with E-state index < -0.39 is 24.1 Å². The van der Waals surface area contributed by atoms with Crippen LogP contribution in [-0.2, 0) is 24.5 Å². The smallest absolute Gasteiger partial charge is 0.306 e. The van der Waals surface area contributed by atoms with Crippen molar-refractivity contribution in [2.45, 2.75) is 51.2 Å². The van der Waals surface area contributed by atoms with E-state index in [1.165, 1.54) is 7.11 Å². The van der Waals surface area contributed by atoms with Gasteiger partial charge < -0.3 is 29.2 Å². The van der Waals surface area contributed by atoms with E-state index in [1.54, 1.807) is 6.92 Å². The number of methoxy groups -OCH3 is 1. The third-order valence-electron chi connectivity index (χ3n) is 5.28. The van der Waals surface area contributed by atoms with Gasteiger partial charge in [0, 0.05) is 5.41 Å². The van der Waals surface area contributed by atoms with Gasteiger partial charge in [0.15, 0.2) is 0 Å². The predicted molar refractivity (Wildman–Crippen MR) is 126 cm³/mol. The highest BCUT2D eigenvalue weighted by Gasteiger charge is 2.23. The molecule has 34 heavy (non-hydrogen) atoms. The van der Waals surface area contributed by atoms with E-state index in [2.05, 4.69) is 18.6 Å². The number of ether oxygens (including phenoxy) is 4. The fourth-order valence-electron chi connectivity index (χ4n) is 3.13. The lowest BCUT2D eigenvalue weighted by Crippen LogP contribution is -2.25. The molecule has 8 heteroatoms. The van der Waals surface area contributed by atoms with Crippen LogP contribution in [0.3, 0.4) is 0 Å². The molecule has 0 saturated heterocycles. The Morgan fingerprint density at radius 2 is 1.26 bits per heavy atom. The summed E-state index contributed by atoms with van der Waals surface area (Å²) in [6, 6.07) is 15.4. The van der Waals surface area contributed by atoms with Crippen LogP contribution in [0.25, 0.3) is 0 Å². The van der Waals surface area contributed by atoms with E-state index in [1.807, 2.05) is 48.5 Å². The van der Waals surface area contributed by atoms with Crippen molar-refractivity contribution < 1.29 is 38.7 Å². The summed E-state index contributed by atoms with van der Waals surface area (Å²) >= 11 is 0. The molecule has 0 aliphatic heterocycles. The van der Waals surface area contributed by atoms with Gasteiger partial charge in [-0.1, -0.05) is 38.1 Å². The van der Waals surface area contributed by atoms with Gasteiger partial charge in [-0.25, -0.2) is 0 Å². The molecular weight excluding hydrogens is 440 g/mol. The molecule has 186 valence electrons. The van der Waals surface area contributed by atoms with Crippen LogP contribution in [0.15, 0.2) is 48.5 Å². The lowest BCUT2D eigenvalue weighted by Gasteiger charge is -2.26. The summed E-state index contributed by atoms with van der Waals surface area (Å²) in [5.41, 5.74) is 1.92. The number of aliphatic hydroxyl groups is 2. The molecule has 0 aromatic heterocycles. The first-order valence-corrected chi connectivity index (χ1v) is 11.2. The van der Waals surface area contributed by atoms with Gasteiger partial charge in [0.25, 0.3) is 0 Å². The molecule has 0 fully saturated rings. The Morgan fingerprint density at radius 3 is 1.74 bits per heavy atom. The normalized spacial score (nSPS) is 13.0. The summed E-state index contributed by atoms with van der Waals surface area (Å²) < 4.78 is 20.5. The van der Waals surface area contributed by atoms with Crippen molar-refractivity contribution in [3.63, 3.8) is 0 Å². The summed E-state index contributed by atoms with van der Waals surface area (Å²) in [7, 11) is 1.25. The van der Waals surface area contributed by atoms with Gasteiger partial charge in [-0.2, -0.15) is 0 Å². The highest BCUT2D eigenvalue weighted by atomic mass is 16.6. The average molecular weight is 475 g/mol. The molecule has 0 bridgehead atoms. The second-order valence-corrected chi connectivity index (χ2v) is 8.56. The Bertz CT molecular complexity index is 903. The number of carbonyl (C=O) groups excluding carboxylic acids is 2. The first kappa shape index (κ1) is 27.1. The van der Waals surface area contributed by atoms with E-state index in [4.69, 9.17) is 14.2 Å². The van der Waals surface area contributed by atoms with Gasteiger partial charge in [-0.15, -0.1) is 0 Å². The Kier molecular flexibility index (Phi) is 10.3. The zero-order valence-corrected chi connectivity index (χ0v) is 20.2. The number of benzene rings is 2. The molecule has 0 aliphatic rings. The van der Waals surface area contributed by atoms with Crippen LogP contribution < -0.4 is 9.47 Å². The zero-order valence-electron chi connectivity index (χ0n) is 20.2. The number of hydrogen-bond donors (Lipinski definition) is 2. The highest BCUT2D eigenvalue weighted by Crippen LogP contribution is 2.33. The minimum atomic E-state index is -0.993. The van der Waals surface area contributed by atoms with Crippen molar-refractivity contribution in [3.8, 4) is 11.5 Å². The van der Waals surface area contributed by atoms with Crippen molar-refractivity contribution in [2.75, 3.05) is 26.9 Å². The largest absolute Gasteiger partial charge is 0.491 e. The summed E-state index contributed by atoms with van der Waals surface area (Å²) in [6.07, 6.45) is -1.68. The van der Waals surface area contributed by atoms with Crippen LogP contribution in [0.5, 0.6) is 11.5 Å². The number of rotatable bonds is 13. The molecule has 2 atom stereocenters. The molecule has 2 unspecified atom stereocenters. The predicted octanol–water partition coefficient (Wildman–Crippen LogP) is 3.01. The third kappa shape index (κ3) is 8.68. The van der Waals surface area contributed by atoms with Gasteiger partial charge in [0.05, 0.1) is 26.1 Å². The SMILES string of the molecule is COC(=O)CCC(=O)OCC(O)COc1ccc(C(C)(C)c2ccc(OCC(C)O)cc2)cc1. The maximum atomic E-state index is 11.6. The average Bonchev–Trinajstić information content (AvgIpc) is 2.83. The minimum Gasteiger partial charge on any atom is -0.491 e. The Morgan fingerprint density at radius 1 is 0.794 bits per heavy atom. The van der Waals surface area contributed by atoms with Crippen molar-refractivity contribution in [1.29, 1.82) is 0 Å². The molecule has 2 N–H and O–H groups in total. The number of aliphatic hydroxyl groups excluding tert-OH is 2. The second-order valence-electron chi connectivity index (χ2n) is 8.56. The van der Waals surface area contributed by atoms with Gasteiger partial charge in [-0.05, 0) is 42.3 Å². The standard InChI is InChI=1S/C26H34O8/c1-18(27)15-32-22-9-5-19(6-10-22)26(2,3)20-7-11-23(12-8-20)33-16-21(28)17-34-25(30)14-13-24(29)31-4/h5-12,18,21,27-28H,13-17H2,1-4H3. The fourth-order valence-corrected chi connectivity index (χ4v) is 3.13. The van der Waals surface area contributed by atoms with Crippen LogP contribution in [0.2, 0.25) is 0 Å². The molecule has 2 rings (SSSR count). The Hall–Kier alpha value is -3.10. The lowest BCUT2D eigenvalue weighted by atomic mass is 9.78. The summed E-state index contributed by atoms with van der Waals surface area (Å²) in [5.74, 6) is 0.208. The van der Waals surface area contributed by atoms with Crippen LogP contribution >= 0.6 is 0 Å². The quantitative estimate of drug-likeness (QED) is 0.426. The topological polar surface area (TPSA) is 112 Å². The Balaban J connectivity index is 1.84. The first-order chi connectivity index (χ1) is 16.1. The third-order valence-corrected chi connectivity index (χ3v) is 5.28. The Labute approximate surface area is 200 Å². The summed E-state index contributed by atoms with van der Waals surface area (Å²) in [5, 5.41) is 19.3. The molecule has 0 spiro atoms. The first-order valence-electron chi connectivity index (χ1n) is 11.2. The van der Waals surface area contributed by atoms with Gasteiger partial charge in [-0.3, -0.25) is 9.59 Å². The molecule has 0 saturated carbocycles. The molecule has 0 amide bonds. The van der Waals surface area contributed by atoms with Gasteiger partial charge in [0.1, 0.15) is 37.4 Å². The fraction of sp³-hybridized carbons (Fsp3) is 0.462. The van der Waals surface area contributed by atoms with Crippen LogP contribution in [0.4, 0.5) is 0 Å². The number of esters is 2. The maximum Gasteiger partial charge on any atom is 0.306 e. The molecule has 8 nitrogen and oxygen atoms in total. The van der Waals surface area contributed by atoms with E-state index in [0.717, 1.165) is 11.1 Å². The van der Waals surface area contributed by atoms with Crippen LogP contribution in [0.1, 0.15) is 44.7 Å². The molecule has 2 aromatic rings. The van der Waals surface area contributed by atoms with E-state index >= 15 is 0 Å². The maximum absolute atomic E-state index is 11.6.